The first-order valence-electron chi connectivity index (χ1n) is 7.51. The molecule has 0 saturated carbocycles. The summed E-state index contributed by atoms with van der Waals surface area (Å²) < 4.78 is 10.6. The van der Waals surface area contributed by atoms with Gasteiger partial charge in [-0.3, -0.25) is 4.79 Å². The predicted molar refractivity (Wildman–Crippen MR) is 71.2 cm³/mol. The van der Waals surface area contributed by atoms with Gasteiger partial charge in [-0.05, 0) is 25.7 Å². The van der Waals surface area contributed by atoms with Crippen LogP contribution in [0, 0.1) is 0 Å². The van der Waals surface area contributed by atoms with Crippen LogP contribution in [0.15, 0.2) is 4.52 Å². The number of ether oxygens (including phenoxy) is 1. The maximum atomic E-state index is 11.7. The van der Waals surface area contributed by atoms with Crippen LogP contribution in [0.1, 0.15) is 49.7 Å². The van der Waals surface area contributed by atoms with E-state index in [1.807, 2.05) is 4.90 Å². The lowest BCUT2D eigenvalue weighted by molar-refractivity contribution is -0.133. The van der Waals surface area contributed by atoms with Gasteiger partial charge in [0.1, 0.15) is 0 Å². The summed E-state index contributed by atoms with van der Waals surface area (Å²) in [6.07, 6.45) is 5.45. The lowest BCUT2D eigenvalue weighted by atomic mass is 10.1. The molecule has 0 unspecified atom stereocenters. The zero-order valence-corrected chi connectivity index (χ0v) is 11.7. The van der Waals surface area contributed by atoms with Crippen molar-refractivity contribution in [1.29, 1.82) is 0 Å². The van der Waals surface area contributed by atoms with Crippen molar-refractivity contribution in [2.24, 2.45) is 0 Å². The zero-order chi connectivity index (χ0) is 13.8. The Labute approximate surface area is 118 Å². The fraction of sp³-hybridized carbons (Fsp3) is 0.786. The smallest absolute Gasteiger partial charge is 0.226 e. The van der Waals surface area contributed by atoms with E-state index in [2.05, 4.69) is 10.1 Å². The van der Waals surface area contributed by atoms with Crippen molar-refractivity contribution in [3.63, 3.8) is 0 Å². The first kappa shape index (κ1) is 13.5. The van der Waals surface area contributed by atoms with E-state index >= 15 is 0 Å². The number of carbonyl (C=O) groups excluding carboxylic acids is 1. The lowest BCUT2D eigenvalue weighted by Crippen LogP contribution is -2.36. The molecule has 0 aliphatic carbocycles. The average Bonchev–Trinajstić information content (AvgIpc) is 3.11. The van der Waals surface area contributed by atoms with Gasteiger partial charge in [-0.2, -0.15) is 4.98 Å². The molecule has 6 nitrogen and oxygen atoms in total. The number of piperidine rings is 1. The molecule has 2 saturated heterocycles. The molecule has 2 aliphatic rings. The van der Waals surface area contributed by atoms with Crippen LogP contribution in [0.4, 0.5) is 0 Å². The zero-order valence-electron chi connectivity index (χ0n) is 11.7. The summed E-state index contributed by atoms with van der Waals surface area (Å²) in [5.41, 5.74) is 0. The Morgan fingerprint density at radius 1 is 1.35 bits per heavy atom. The molecule has 1 aromatic heterocycles. The van der Waals surface area contributed by atoms with Gasteiger partial charge in [-0.1, -0.05) is 5.16 Å². The van der Waals surface area contributed by atoms with Crippen molar-refractivity contribution in [1.82, 2.24) is 15.0 Å². The normalized spacial score (nSPS) is 23.5. The first-order valence-corrected chi connectivity index (χ1v) is 7.51. The molecular weight excluding hydrogens is 258 g/mol. The molecule has 110 valence electrons. The SMILES string of the molecule is O=C1CCCCN1CCCc1nc([C@@H]2CCOC2)no1. The second-order valence-corrected chi connectivity index (χ2v) is 5.55. The second kappa shape index (κ2) is 6.35. The van der Waals surface area contributed by atoms with Crippen molar-refractivity contribution >= 4 is 5.91 Å². The number of aryl methyl sites for hydroxylation is 1. The van der Waals surface area contributed by atoms with Crippen molar-refractivity contribution in [3.8, 4) is 0 Å². The van der Waals surface area contributed by atoms with Gasteiger partial charge in [0.15, 0.2) is 5.82 Å². The lowest BCUT2D eigenvalue weighted by Gasteiger charge is -2.26. The highest BCUT2D eigenvalue weighted by molar-refractivity contribution is 5.76. The number of rotatable bonds is 5. The molecule has 1 atom stereocenters. The standard InChI is InChI=1S/C14H21N3O3/c18-13-5-1-2-7-17(13)8-3-4-12-15-14(16-20-12)11-6-9-19-10-11/h11H,1-10H2/t11-/m1/s1. The van der Waals surface area contributed by atoms with Crippen molar-refractivity contribution in [2.75, 3.05) is 26.3 Å². The van der Waals surface area contributed by atoms with E-state index < -0.39 is 0 Å². The maximum absolute atomic E-state index is 11.7. The predicted octanol–water partition coefficient (Wildman–Crippen LogP) is 1.52. The third-order valence-corrected chi connectivity index (χ3v) is 4.02. The molecule has 0 aromatic carbocycles. The quantitative estimate of drug-likeness (QED) is 0.817. The number of carbonyl (C=O) groups is 1. The van der Waals surface area contributed by atoms with Crippen LogP contribution in [0.25, 0.3) is 0 Å². The molecule has 3 rings (SSSR count). The largest absolute Gasteiger partial charge is 0.381 e. The minimum absolute atomic E-state index is 0.283. The minimum atomic E-state index is 0.283. The number of hydrogen-bond donors (Lipinski definition) is 0. The van der Waals surface area contributed by atoms with E-state index in [4.69, 9.17) is 9.26 Å². The topological polar surface area (TPSA) is 68.5 Å². The highest BCUT2D eigenvalue weighted by atomic mass is 16.5. The van der Waals surface area contributed by atoms with Crippen molar-refractivity contribution < 1.29 is 14.1 Å². The summed E-state index contributed by atoms with van der Waals surface area (Å²) in [5.74, 6) is 2.02. The van der Waals surface area contributed by atoms with Gasteiger partial charge in [0, 0.05) is 38.5 Å². The Kier molecular flexibility index (Phi) is 4.30. The number of nitrogens with zero attached hydrogens (tertiary/aromatic N) is 3. The third-order valence-electron chi connectivity index (χ3n) is 4.02. The number of aromatic nitrogens is 2. The molecule has 0 bridgehead atoms. The summed E-state index contributed by atoms with van der Waals surface area (Å²) in [4.78, 5) is 18.1. The Bertz CT molecular complexity index is 454. The van der Waals surface area contributed by atoms with Gasteiger partial charge in [0.05, 0.1) is 6.61 Å². The second-order valence-electron chi connectivity index (χ2n) is 5.55. The highest BCUT2D eigenvalue weighted by Gasteiger charge is 2.23. The first-order chi connectivity index (χ1) is 9.83. The van der Waals surface area contributed by atoms with E-state index in [1.54, 1.807) is 0 Å². The molecule has 0 spiro atoms. The van der Waals surface area contributed by atoms with E-state index in [-0.39, 0.29) is 11.8 Å². The van der Waals surface area contributed by atoms with Crippen LogP contribution >= 0.6 is 0 Å². The molecule has 1 aromatic rings. The summed E-state index contributed by atoms with van der Waals surface area (Å²) in [5, 5.41) is 4.03. The van der Waals surface area contributed by atoms with E-state index in [1.165, 1.54) is 0 Å². The maximum Gasteiger partial charge on any atom is 0.226 e. The van der Waals surface area contributed by atoms with Crippen LogP contribution < -0.4 is 0 Å². The molecule has 1 amide bonds. The Hall–Kier alpha value is -1.43. The average molecular weight is 279 g/mol. The monoisotopic (exact) mass is 279 g/mol. The highest BCUT2D eigenvalue weighted by Crippen LogP contribution is 2.22. The van der Waals surface area contributed by atoms with Crippen LogP contribution in [0.5, 0.6) is 0 Å². The molecule has 3 heterocycles. The van der Waals surface area contributed by atoms with Gasteiger partial charge in [0.2, 0.25) is 11.8 Å². The molecule has 6 heteroatoms. The van der Waals surface area contributed by atoms with E-state index in [9.17, 15) is 4.79 Å². The van der Waals surface area contributed by atoms with Crippen LogP contribution in [0.3, 0.4) is 0 Å². The van der Waals surface area contributed by atoms with Gasteiger partial charge < -0.3 is 14.2 Å². The Morgan fingerprint density at radius 2 is 2.30 bits per heavy atom. The fourth-order valence-corrected chi connectivity index (χ4v) is 2.79. The van der Waals surface area contributed by atoms with Crippen molar-refractivity contribution in [2.45, 2.75) is 44.4 Å². The van der Waals surface area contributed by atoms with Gasteiger partial charge in [-0.25, -0.2) is 0 Å². The number of amides is 1. The molecule has 2 aliphatic heterocycles. The van der Waals surface area contributed by atoms with Crippen molar-refractivity contribution in [3.05, 3.63) is 11.7 Å². The minimum Gasteiger partial charge on any atom is -0.381 e. The molecule has 2 fully saturated rings. The summed E-state index contributed by atoms with van der Waals surface area (Å²) in [6.45, 7) is 3.17. The summed E-state index contributed by atoms with van der Waals surface area (Å²) in [6, 6.07) is 0. The third kappa shape index (κ3) is 3.17. The Morgan fingerprint density at radius 3 is 3.10 bits per heavy atom. The number of hydrogen-bond acceptors (Lipinski definition) is 5. The summed E-state index contributed by atoms with van der Waals surface area (Å²) in [7, 11) is 0. The van der Waals surface area contributed by atoms with Gasteiger partial charge in [-0.15, -0.1) is 0 Å². The van der Waals surface area contributed by atoms with Gasteiger partial charge in [0.25, 0.3) is 0 Å². The molecule has 20 heavy (non-hydrogen) atoms. The summed E-state index contributed by atoms with van der Waals surface area (Å²) >= 11 is 0. The van der Waals surface area contributed by atoms with Gasteiger partial charge >= 0.3 is 0 Å². The molecular formula is C14H21N3O3. The molecule has 0 N–H and O–H groups in total. The number of likely N-dealkylation sites (tertiary alicyclic amines) is 1. The van der Waals surface area contributed by atoms with Crippen LogP contribution in [-0.2, 0) is 16.0 Å². The fourth-order valence-electron chi connectivity index (χ4n) is 2.79. The van der Waals surface area contributed by atoms with Crippen LogP contribution in [-0.4, -0.2) is 47.3 Å². The van der Waals surface area contributed by atoms with E-state index in [0.717, 1.165) is 57.6 Å². The Balaban J connectivity index is 1.45. The van der Waals surface area contributed by atoms with Crippen LogP contribution in [0.2, 0.25) is 0 Å². The van der Waals surface area contributed by atoms with E-state index in [0.29, 0.717) is 18.9 Å². The molecule has 0 radical (unpaired) electrons.